The maximum absolute atomic E-state index is 12.9. The molecule has 0 unspecified atom stereocenters. The Morgan fingerprint density at radius 2 is 2.00 bits per heavy atom. The number of ether oxygens (including phenoxy) is 1. The van der Waals surface area contributed by atoms with Crippen LogP contribution in [-0.2, 0) is 4.79 Å². The molecule has 1 aliphatic carbocycles. The van der Waals surface area contributed by atoms with E-state index in [1.54, 1.807) is 11.0 Å². The quantitative estimate of drug-likeness (QED) is 0.842. The Labute approximate surface area is 171 Å². The summed E-state index contributed by atoms with van der Waals surface area (Å²) in [5.74, 6) is 0.601. The van der Waals surface area contributed by atoms with Crippen LogP contribution in [0, 0.1) is 0 Å². The number of rotatable bonds is 5. The molecule has 2 aromatic rings. The number of nitrogens with one attached hydrogen (secondary N) is 1. The van der Waals surface area contributed by atoms with Crippen molar-refractivity contribution in [2.45, 2.75) is 45.1 Å². The Morgan fingerprint density at radius 3 is 2.76 bits per heavy atom. The van der Waals surface area contributed by atoms with Gasteiger partial charge in [0.05, 0.1) is 12.3 Å². The molecule has 1 aromatic heterocycles. The highest BCUT2D eigenvalue weighted by Gasteiger charge is 2.33. The number of carbonyl (C=O) groups is 2. The fourth-order valence-corrected chi connectivity index (χ4v) is 4.34. The maximum atomic E-state index is 12.9. The second kappa shape index (κ2) is 8.68. The number of para-hydroxylation sites is 1. The highest BCUT2D eigenvalue weighted by Crippen LogP contribution is 2.29. The molecule has 2 heterocycles. The third kappa shape index (κ3) is 4.13. The summed E-state index contributed by atoms with van der Waals surface area (Å²) in [7, 11) is 0. The van der Waals surface area contributed by atoms with Crippen LogP contribution in [0.15, 0.2) is 30.3 Å². The van der Waals surface area contributed by atoms with E-state index in [4.69, 9.17) is 4.74 Å². The number of amides is 2. The van der Waals surface area contributed by atoms with Crippen molar-refractivity contribution in [2.75, 3.05) is 26.2 Å². The van der Waals surface area contributed by atoms with E-state index >= 15 is 0 Å². The number of hydrogen-bond acceptors (Lipinski definition) is 4. The van der Waals surface area contributed by atoms with Crippen molar-refractivity contribution in [3.63, 3.8) is 0 Å². The van der Waals surface area contributed by atoms with E-state index in [1.165, 1.54) is 19.3 Å². The normalized spacial score (nSPS) is 18.2. The zero-order valence-corrected chi connectivity index (χ0v) is 16.9. The highest BCUT2D eigenvalue weighted by molar-refractivity contribution is 5.96. The molecule has 4 rings (SSSR count). The average Bonchev–Trinajstić information content (AvgIpc) is 3.24. The fourth-order valence-electron chi connectivity index (χ4n) is 4.34. The molecule has 0 atom stereocenters. The van der Waals surface area contributed by atoms with Crippen LogP contribution in [0.4, 0.5) is 0 Å². The van der Waals surface area contributed by atoms with Crippen molar-refractivity contribution in [3.05, 3.63) is 36.0 Å². The van der Waals surface area contributed by atoms with Crippen molar-refractivity contribution in [3.8, 4) is 17.0 Å². The second-order valence-electron chi connectivity index (χ2n) is 7.70. The van der Waals surface area contributed by atoms with Gasteiger partial charge in [-0.1, -0.05) is 31.4 Å². The molecule has 1 N–H and O–H groups in total. The van der Waals surface area contributed by atoms with Gasteiger partial charge in [-0.2, -0.15) is 5.10 Å². The van der Waals surface area contributed by atoms with E-state index in [0.717, 1.165) is 24.2 Å². The summed E-state index contributed by atoms with van der Waals surface area (Å²) in [6, 6.07) is 9.71. The molecule has 0 bridgehead atoms. The summed E-state index contributed by atoms with van der Waals surface area (Å²) in [6.45, 7) is 3.80. The van der Waals surface area contributed by atoms with Crippen molar-refractivity contribution >= 4 is 11.8 Å². The SMILES string of the molecule is CCOc1ccccc1-c1cc(C(=O)N2CCN(C3CCCCC3)C(=O)C2)[nH]n1. The molecule has 0 spiro atoms. The first-order chi connectivity index (χ1) is 14.2. The third-order valence-corrected chi connectivity index (χ3v) is 5.83. The molecule has 2 amide bonds. The smallest absolute Gasteiger partial charge is 0.272 e. The Kier molecular flexibility index (Phi) is 5.83. The predicted octanol–water partition coefficient (Wildman–Crippen LogP) is 3.09. The molecule has 7 heteroatoms. The molecular formula is C22H28N4O3. The number of hydrogen-bond donors (Lipinski definition) is 1. The van der Waals surface area contributed by atoms with Crippen LogP contribution in [0.5, 0.6) is 5.75 Å². The van der Waals surface area contributed by atoms with E-state index in [-0.39, 0.29) is 18.4 Å². The standard InChI is InChI=1S/C22H28N4O3/c1-2-29-20-11-7-6-10-17(20)18-14-19(24-23-18)22(28)25-12-13-26(21(27)15-25)16-8-4-3-5-9-16/h6-7,10-11,14,16H,2-5,8-9,12-13,15H2,1H3,(H,23,24). The van der Waals surface area contributed by atoms with E-state index in [2.05, 4.69) is 10.2 Å². The van der Waals surface area contributed by atoms with Crippen LogP contribution < -0.4 is 4.74 Å². The van der Waals surface area contributed by atoms with Crippen LogP contribution in [0.2, 0.25) is 0 Å². The van der Waals surface area contributed by atoms with Gasteiger partial charge >= 0.3 is 0 Å². The number of aromatic amines is 1. The lowest BCUT2D eigenvalue weighted by Crippen LogP contribution is -2.55. The molecule has 1 aliphatic heterocycles. The van der Waals surface area contributed by atoms with Gasteiger partial charge in [-0.25, -0.2) is 0 Å². The van der Waals surface area contributed by atoms with Gasteiger partial charge in [0.1, 0.15) is 18.0 Å². The number of piperazine rings is 1. The third-order valence-electron chi connectivity index (χ3n) is 5.83. The lowest BCUT2D eigenvalue weighted by Gasteiger charge is -2.40. The molecular weight excluding hydrogens is 368 g/mol. The first-order valence-electron chi connectivity index (χ1n) is 10.5. The summed E-state index contributed by atoms with van der Waals surface area (Å²) in [5.41, 5.74) is 1.89. The largest absolute Gasteiger partial charge is 0.493 e. The molecule has 1 saturated heterocycles. The highest BCUT2D eigenvalue weighted by atomic mass is 16.5. The topological polar surface area (TPSA) is 78.5 Å². The lowest BCUT2D eigenvalue weighted by atomic mass is 9.93. The van der Waals surface area contributed by atoms with Gasteiger partial charge < -0.3 is 14.5 Å². The van der Waals surface area contributed by atoms with Crippen LogP contribution >= 0.6 is 0 Å². The summed E-state index contributed by atoms with van der Waals surface area (Å²) in [6.07, 6.45) is 5.82. The van der Waals surface area contributed by atoms with Crippen molar-refractivity contribution in [1.29, 1.82) is 0 Å². The summed E-state index contributed by atoms with van der Waals surface area (Å²) in [4.78, 5) is 29.2. The van der Waals surface area contributed by atoms with Crippen LogP contribution in [0.25, 0.3) is 11.3 Å². The Hall–Kier alpha value is -2.83. The summed E-state index contributed by atoms with van der Waals surface area (Å²) >= 11 is 0. The minimum atomic E-state index is -0.186. The molecule has 7 nitrogen and oxygen atoms in total. The minimum absolute atomic E-state index is 0.0536. The van der Waals surface area contributed by atoms with E-state index in [0.29, 0.717) is 37.1 Å². The van der Waals surface area contributed by atoms with Crippen LogP contribution in [-0.4, -0.2) is 64.1 Å². The van der Waals surface area contributed by atoms with E-state index in [1.807, 2.05) is 36.1 Å². The van der Waals surface area contributed by atoms with Gasteiger partial charge in [0.25, 0.3) is 5.91 Å². The number of nitrogens with zero attached hydrogens (tertiary/aromatic N) is 3. The lowest BCUT2D eigenvalue weighted by molar-refractivity contribution is -0.138. The second-order valence-corrected chi connectivity index (χ2v) is 7.70. The molecule has 1 saturated carbocycles. The van der Waals surface area contributed by atoms with Crippen LogP contribution in [0.3, 0.4) is 0 Å². The Bertz CT molecular complexity index is 872. The first kappa shape index (κ1) is 19.5. The first-order valence-corrected chi connectivity index (χ1v) is 10.5. The minimum Gasteiger partial charge on any atom is -0.493 e. The number of H-pyrrole nitrogens is 1. The van der Waals surface area contributed by atoms with Crippen LogP contribution in [0.1, 0.15) is 49.5 Å². The van der Waals surface area contributed by atoms with E-state index < -0.39 is 0 Å². The van der Waals surface area contributed by atoms with Gasteiger partial charge in [-0.05, 0) is 38.0 Å². The molecule has 154 valence electrons. The van der Waals surface area contributed by atoms with Gasteiger partial charge in [-0.15, -0.1) is 0 Å². The molecule has 2 fully saturated rings. The van der Waals surface area contributed by atoms with Gasteiger partial charge in [0.15, 0.2) is 0 Å². The average molecular weight is 396 g/mol. The zero-order valence-electron chi connectivity index (χ0n) is 16.9. The number of aromatic nitrogens is 2. The predicted molar refractivity (Wildman–Crippen MR) is 110 cm³/mol. The van der Waals surface area contributed by atoms with Gasteiger partial charge in [-0.3, -0.25) is 14.7 Å². The maximum Gasteiger partial charge on any atom is 0.272 e. The van der Waals surface area contributed by atoms with Crippen molar-refractivity contribution in [2.24, 2.45) is 0 Å². The summed E-state index contributed by atoms with van der Waals surface area (Å²) < 4.78 is 5.66. The molecule has 29 heavy (non-hydrogen) atoms. The fraction of sp³-hybridized carbons (Fsp3) is 0.500. The Balaban J connectivity index is 1.44. The zero-order chi connectivity index (χ0) is 20.2. The Morgan fingerprint density at radius 1 is 1.21 bits per heavy atom. The molecule has 0 radical (unpaired) electrons. The monoisotopic (exact) mass is 396 g/mol. The van der Waals surface area contributed by atoms with Gasteiger partial charge in [0.2, 0.25) is 5.91 Å². The van der Waals surface area contributed by atoms with Crippen molar-refractivity contribution in [1.82, 2.24) is 20.0 Å². The summed E-state index contributed by atoms with van der Waals surface area (Å²) in [5, 5.41) is 7.14. The molecule has 2 aliphatic rings. The van der Waals surface area contributed by atoms with E-state index in [9.17, 15) is 9.59 Å². The van der Waals surface area contributed by atoms with Crippen molar-refractivity contribution < 1.29 is 14.3 Å². The number of benzene rings is 1. The van der Waals surface area contributed by atoms with Gasteiger partial charge in [0, 0.05) is 24.7 Å². The number of carbonyl (C=O) groups excluding carboxylic acids is 2. The molecule has 1 aromatic carbocycles.